The average molecular weight is 450 g/mol. The first-order valence-electron chi connectivity index (χ1n) is 10.2. The minimum Gasteiger partial charge on any atom is -0.454 e. The van der Waals surface area contributed by atoms with Crippen LogP contribution in [0.25, 0.3) is 0 Å². The Hall–Kier alpha value is -3.35. The lowest BCUT2D eigenvalue weighted by Gasteiger charge is -2.23. The van der Waals surface area contributed by atoms with Crippen molar-refractivity contribution in [3.63, 3.8) is 0 Å². The number of aryl methyl sites for hydroxylation is 1. The number of benzene rings is 3. The Morgan fingerprint density at radius 1 is 1.06 bits per heavy atom. The third-order valence-corrected chi connectivity index (χ3v) is 6.10. The molecule has 0 aliphatic carbocycles. The van der Waals surface area contributed by atoms with E-state index in [9.17, 15) is 14.7 Å². The number of halogens is 1. The summed E-state index contributed by atoms with van der Waals surface area (Å²) in [5, 5.41) is 11.9. The fourth-order valence-corrected chi connectivity index (χ4v) is 4.30. The van der Waals surface area contributed by atoms with E-state index in [0.29, 0.717) is 33.3 Å². The second-order valence-corrected chi connectivity index (χ2v) is 8.50. The molecular formula is C25H20ClNO5. The van der Waals surface area contributed by atoms with Crippen LogP contribution in [0.5, 0.6) is 11.5 Å². The molecule has 6 nitrogen and oxygen atoms in total. The first-order valence-corrected chi connectivity index (χ1v) is 10.6. The van der Waals surface area contributed by atoms with Crippen LogP contribution in [0.1, 0.15) is 33.5 Å². The van der Waals surface area contributed by atoms with Crippen molar-refractivity contribution in [3.8, 4) is 11.5 Å². The van der Waals surface area contributed by atoms with E-state index >= 15 is 0 Å². The number of rotatable bonds is 5. The molecule has 0 unspecified atom stereocenters. The van der Waals surface area contributed by atoms with Crippen molar-refractivity contribution in [3.05, 3.63) is 87.9 Å². The van der Waals surface area contributed by atoms with Crippen LogP contribution in [-0.4, -0.2) is 23.6 Å². The zero-order chi connectivity index (χ0) is 22.5. The van der Waals surface area contributed by atoms with Crippen LogP contribution in [0.3, 0.4) is 0 Å². The number of hydrogen-bond donors (Lipinski definition) is 1. The van der Waals surface area contributed by atoms with Crippen molar-refractivity contribution in [2.24, 2.45) is 0 Å². The molecule has 1 atom stereocenters. The number of Topliss-reactive ketones (excluding diaryl/α,β-unsaturated/α-hetero) is 1. The number of nitrogens with zero attached hydrogens (tertiary/aromatic N) is 1. The van der Waals surface area contributed by atoms with Crippen molar-refractivity contribution in [1.82, 2.24) is 0 Å². The fraction of sp³-hybridized carbons (Fsp3) is 0.200. The van der Waals surface area contributed by atoms with Crippen LogP contribution in [-0.2, 0) is 16.9 Å². The normalized spacial score (nSPS) is 18.7. The van der Waals surface area contributed by atoms with Crippen LogP contribution in [0.4, 0.5) is 5.69 Å². The fourth-order valence-electron chi connectivity index (χ4n) is 4.13. The van der Waals surface area contributed by atoms with Crippen molar-refractivity contribution in [2.45, 2.75) is 25.5 Å². The van der Waals surface area contributed by atoms with Gasteiger partial charge in [0.05, 0.1) is 18.7 Å². The Balaban J connectivity index is 1.48. The highest BCUT2D eigenvalue weighted by Gasteiger charge is 2.51. The summed E-state index contributed by atoms with van der Waals surface area (Å²) in [6.45, 7) is 2.35. The van der Waals surface area contributed by atoms with Crippen LogP contribution >= 0.6 is 11.6 Å². The number of ketones is 1. The molecule has 1 amide bonds. The van der Waals surface area contributed by atoms with Crippen molar-refractivity contribution >= 4 is 29.0 Å². The second-order valence-electron chi connectivity index (χ2n) is 8.07. The van der Waals surface area contributed by atoms with E-state index < -0.39 is 17.9 Å². The number of amides is 1. The quantitative estimate of drug-likeness (QED) is 0.585. The summed E-state index contributed by atoms with van der Waals surface area (Å²) in [6, 6.07) is 17.5. The lowest BCUT2D eigenvalue weighted by atomic mass is 9.88. The number of fused-ring (bicyclic) bond motifs is 2. The molecule has 0 saturated carbocycles. The van der Waals surface area contributed by atoms with Crippen LogP contribution in [0.2, 0.25) is 5.02 Å². The molecule has 7 heteroatoms. The van der Waals surface area contributed by atoms with Gasteiger partial charge in [-0.25, -0.2) is 0 Å². The Kier molecular flexibility index (Phi) is 4.92. The zero-order valence-corrected chi connectivity index (χ0v) is 18.1. The van der Waals surface area contributed by atoms with Crippen LogP contribution < -0.4 is 14.4 Å². The summed E-state index contributed by atoms with van der Waals surface area (Å²) in [4.78, 5) is 28.0. The third kappa shape index (κ3) is 3.42. The highest BCUT2D eigenvalue weighted by atomic mass is 35.5. The number of carbonyl (C=O) groups excluding carboxylic acids is 2. The largest absolute Gasteiger partial charge is 0.454 e. The SMILES string of the molecule is Cc1ccc(CN2C(=O)[C@](O)(CC(=O)c3ccc4c(c3)OCO4)c3cc(Cl)ccc32)cc1. The monoisotopic (exact) mass is 449 g/mol. The minimum absolute atomic E-state index is 0.0925. The molecule has 3 aromatic rings. The van der Waals surface area contributed by atoms with Gasteiger partial charge >= 0.3 is 0 Å². The van der Waals surface area contributed by atoms with Gasteiger partial charge in [-0.1, -0.05) is 41.4 Å². The molecule has 0 saturated heterocycles. The molecule has 0 spiro atoms. The van der Waals surface area contributed by atoms with Crippen molar-refractivity contribution in [1.29, 1.82) is 0 Å². The number of anilines is 1. The summed E-state index contributed by atoms with van der Waals surface area (Å²) in [6.07, 6.45) is -0.413. The smallest absolute Gasteiger partial charge is 0.264 e. The molecule has 1 N–H and O–H groups in total. The van der Waals surface area contributed by atoms with E-state index in [1.54, 1.807) is 36.4 Å². The molecular weight excluding hydrogens is 430 g/mol. The molecule has 2 aliphatic rings. The van der Waals surface area contributed by atoms with Crippen molar-refractivity contribution in [2.75, 3.05) is 11.7 Å². The van der Waals surface area contributed by atoms with Gasteiger partial charge in [0.25, 0.3) is 5.91 Å². The summed E-state index contributed by atoms with van der Waals surface area (Å²) in [5.41, 5.74) is 1.21. The first kappa shape index (κ1) is 20.5. The van der Waals surface area contributed by atoms with Gasteiger partial charge in [0.1, 0.15) is 0 Å². The first-order chi connectivity index (χ1) is 15.3. The summed E-state index contributed by atoms with van der Waals surface area (Å²) < 4.78 is 10.6. The summed E-state index contributed by atoms with van der Waals surface area (Å²) >= 11 is 6.18. The minimum atomic E-state index is -2.02. The lowest BCUT2D eigenvalue weighted by molar-refractivity contribution is -0.136. The number of carbonyl (C=O) groups is 2. The predicted octanol–water partition coefficient (Wildman–Crippen LogP) is 4.38. The molecule has 0 aromatic heterocycles. The van der Waals surface area contributed by atoms with Crippen molar-refractivity contribution < 1.29 is 24.2 Å². The van der Waals surface area contributed by atoms with E-state index in [4.69, 9.17) is 21.1 Å². The molecule has 0 bridgehead atoms. The molecule has 0 radical (unpaired) electrons. The van der Waals surface area contributed by atoms with Gasteiger partial charge in [-0.2, -0.15) is 0 Å². The van der Waals surface area contributed by atoms with Crippen LogP contribution in [0.15, 0.2) is 60.7 Å². The molecule has 32 heavy (non-hydrogen) atoms. The van der Waals surface area contributed by atoms with Gasteiger partial charge in [0.15, 0.2) is 22.9 Å². The maximum absolute atomic E-state index is 13.5. The van der Waals surface area contributed by atoms with Crippen LogP contribution in [0, 0.1) is 6.92 Å². The van der Waals surface area contributed by atoms with E-state index in [-0.39, 0.29) is 19.1 Å². The summed E-state index contributed by atoms with van der Waals surface area (Å²) in [5.74, 6) is 0.0790. The Morgan fingerprint density at radius 2 is 1.81 bits per heavy atom. The Labute approximate surface area is 189 Å². The van der Waals surface area contributed by atoms with E-state index in [2.05, 4.69) is 0 Å². The Bertz CT molecular complexity index is 1240. The number of hydrogen-bond acceptors (Lipinski definition) is 5. The van der Waals surface area contributed by atoms with Gasteiger partial charge < -0.3 is 19.5 Å². The molecule has 162 valence electrons. The van der Waals surface area contributed by atoms with E-state index in [0.717, 1.165) is 11.1 Å². The number of aliphatic hydroxyl groups is 1. The van der Waals surface area contributed by atoms with E-state index in [1.165, 1.54) is 4.90 Å². The highest BCUT2D eigenvalue weighted by molar-refractivity contribution is 6.31. The van der Waals surface area contributed by atoms with Gasteiger partial charge in [-0.3, -0.25) is 9.59 Å². The van der Waals surface area contributed by atoms with Gasteiger partial charge in [-0.05, 0) is 48.9 Å². The average Bonchev–Trinajstić information content (AvgIpc) is 3.32. The predicted molar refractivity (Wildman–Crippen MR) is 119 cm³/mol. The van der Waals surface area contributed by atoms with Gasteiger partial charge in [0, 0.05) is 16.1 Å². The van der Waals surface area contributed by atoms with Gasteiger partial charge in [-0.15, -0.1) is 0 Å². The molecule has 2 aliphatic heterocycles. The molecule has 2 heterocycles. The Morgan fingerprint density at radius 3 is 2.59 bits per heavy atom. The molecule has 3 aromatic carbocycles. The van der Waals surface area contributed by atoms with Gasteiger partial charge in [0.2, 0.25) is 6.79 Å². The topological polar surface area (TPSA) is 76.1 Å². The lowest BCUT2D eigenvalue weighted by Crippen LogP contribution is -2.41. The molecule has 0 fully saturated rings. The maximum Gasteiger partial charge on any atom is 0.264 e. The van der Waals surface area contributed by atoms with E-state index in [1.807, 2.05) is 31.2 Å². The maximum atomic E-state index is 13.5. The highest BCUT2D eigenvalue weighted by Crippen LogP contribution is 2.45. The molecule has 5 rings (SSSR count). The number of ether oxygens (including phenoxy) is 2. The summed E-state index contributed by atoms with van der Waals surface area (Å²) in [7, 11) is 0. The zero-order valence-electron chi connectivity index (χ0n) is 17.3. The standard InChI is InChI=1S/C25H20ClNO5/c1-15-2-4-16(5-3-15)13-27-20-8-7-18(26)11-19(20)25(30,24(27)29)12-21(28)17-6-9-22-23(10-17)32-14-31-22/h2-11,30H,12-14H2,1H3/t25-/m0/s1. The third-order valence-electron chi connectivity index (χ3n) is 5.87. The second kappa shape index (κ2) is 7.65.